The fourth-order valence-electron chi connectivity index (χ4n) is 2.20. The Kier molecular flexibility index (Phi) is 4.51. The second-order valence-corrected chi connectivity index (χ2v) is 6.89. The predicted octanol–water partition coefficient (Wildman–Crippen LogP) is 3.32. The summed E-state index contributed by atoms with van der Waals surface area (Å²) in [6, 6.07) is 7.10. The van der Waals surface area contributed by atoms with Crippen molar-refractivity contribution in [3.8, 4) is 0 Å². The quantitative estimate of drug-likeness (QED) is 0.906. The van der Waals surface area contributed by atoms with Crippen LogP contribution in [0.2, 0.25) is 0 Å². The van der Waals surface area contributed by atoms with Crippen LogP contribution in [0.15, 0.2) is 34.9 Å². The first-order valence-corrected chi connectivity index (χ1v) is 7.57. The average molecular weight is 365 g/mol. The van der Waals surface area contributed by atoms with Gasteiger partial charge >= 0.3 is 5.97 Å². The number of nitrogens with zero attached hydrogens (tertiary/aromatic N) is 2. The van der Waals surface area contributed by atoms with Crippen LogP contribution in [0.3, 0.4) is 0 Å². The van der Waals surface area contributed by atoms with Crippen molar-refractivity contribution in [1.82, 2.24) is 9.88 Å². The van der Waals surface area contributed by atoms with Crippen molar-refractivity contribution in [3.63, 3.8) is 0 Å². The Morgan fingerprint density at radius 1 is 1.27 bits per heavy atom. The number of carbonyl (C=O) groups is 2. The molecule has 0 saturated heterocycles. The van der Waals surface area contributed by atoms with Crippen molar-refractivity contribution in [3.05, 3.63) is 40.5 Å². The maximum atomic E-state index is 12.9. The summed E-state index contributed by atoms with van der Waals surface area (Å²) in [5.74, 6) is -1.36. The lowest BCUT2D eigenvalue weighted by Crippen LogP contribution is -2.48. The summed E-state index contributed by atoms with van der Waals surface area (Å²) in [5.41, 5.74) is 0.539. The molecular weight excluding hydrogens is 348 g/mol. The van der Waals surface area contributed by atoms with Crippen molar-refractivity contribution in [2.45, 2.75) is 26.3 Å². The summed E-state index contributed by atoms with van der Waals surface area (Å²) in [5, 5.41) is 9.78. The van der Waals surface area contributed by atoms with Gasteiger partial charge in [-0.25, -0.2) is 0 Å². The molecule has 0 aliphatic rings. The fourth-order valence-corrected chi connectivity index (χ4v) is 2.56. The van der Waals surface area contributed by atoms with Gasteiger partial charge in [-0.3, -0.25) is 14.6 Å². The van der Waals surface area contributed by atoms with Crippen LogP contribution in [-0.2, 0) is 4.79 Å². The third kappa shape index (κ3) is 3.44. The third-order valence-electron chi connectivity index (χ3n) is 3.28. The molecule has 0 unspecified atom stereocenters. The monoisotopic (exact) mass is 364 g/mol. The maximum absolute atomic E-state index is 12.9. The number of benzene rings is 1. The molecule has 2 aromatic rings. The molecule has 6 heteroatoms. The van der Waals surface area contributed by atoms with Crippen LogP contribution in [0.25, 0.3) is 10.9 Å². The number of hydrogen-bond acceptors (Lipinski definition) is 3. The van der Waals surface area contributed by atoms with E-state index >= 15 is 0 Å². The van der Waals surface area contributed by atoms with Crippen molar-refractivity contribution < 1.29 is 14.7 Å². The summed E-state index contributed by atoms with van der Waals surface area (Å²) < 4.78 is 0.836. The summed E-state index contributed by atoms with van der Waals surface area (Å²) in [6.07, 6.45) is 1.56. The Morgan fingerprint density at radius 2 is 1.95 bits per heavy atom. The highest BCUT2D eigenvalue weighted by Gasteiger charge is 2.30. The maximum Gasteiger partial charge on any atom is 0.323 e. The van der Waals surface area contributed by atoms with Crippen molar-refractivity contribution in [2.75, 3.05) is 6.54 Å². The molecule has 0 aliphatic carbocycles. The number of halogens is 1. The highest BCUT2D eigenvalue weighted by molar-refractivity contribution is 9.10. The molecule has 0 spiro atoms. The van der Waals surface area contributed by atoms with E-state index in [-0.39, 0.29) is 12.5 Å². The number of rotatable bonds is 3. The number of hydrogen-bond donors (Lipinski definition) is 1. The molecule has 1 aromatic carbocycles. The van der Waals surface area contributed by atoms with Crippen LogP contribution in [-0.4, -0.2) is 39.0 Å². The lowest BCUT2D eigenvalue weighted by atomic mass is 10.0. The van der Waals surface area contributed by atoms with Crippen molar-refractivity contribution >= 4 is 38.7 Å². The third-order valence-corrected chi connectivity index (χ3v) is 3.78. The van der Waals surface area contributed by atoms with E-state index in [0.29, 0.717) is 16.5 Å². The van der Waals surface area contributed by atoms with Gasteiger partial charge in [0.1, 0.15) is 6.54 Å². The molecule has 116 valence electrons. The molecule has 5 nitrogen and oxygen atoms in total. The van der Waals surface area contributed by atoms with Crippen LogP contribution in [0.4, 0.5) is 0 Å². The standard InChI is InChI=1S/C16H17BrN2O3/c1-16(2,3)19(9-14(20)21)15(22)11-6-7-18-13-5-4-10(17)8-12(11)13/h4-8H,9H2,1-3H3,(H,20,21). The largest absolute Gasteiger partial charge is 0.480 e. The van der Waals surface area contributed by atoms with E-state index in [9.17, 15) is 9.59 Å². The van der Waals surface area contributed by atoms with E-state index in [4.69, 9.17) is 5.11 Å². The number of fused-ring (bicyclic) bond motifs is 1. The van der Waals surface area contributed by atoms with Gasteiger partial charge in [-0.05, 0) is 45.0 Å². The number of pyridine rings is 1. The lowest BCUT2D eigenvalue weighted by molar-refractivity contribution is -0.138. The topological polar surface area (TPSA) is 70.5 Å². The second kappa shape index (κ2) is 6.04. The molecule has 1 amide bonds. The van der Waals surface area contributed by atoms with Crippen LogP contribution in [0.1, 0.15) is 31.1 Å². The van der Waals surface area contributed by atoms with E-state index in [1.165, 1.54) is 4.90 Å². The zero-order valence-electron chi connectivity index (χ0n) is 12.6. The van der Waals surface area contributed by atoms with Gasteiger partial charge in [0.2, 0.25) is 0 Å². The van der Waals surface area contributed by atoms with Gasteiger partial charge in [-0.1, -0.05) is 15.9 Å². The number of carboxylic acid groups (broad SMARTS) is 1. The molecule has 0 fully saturated rings. The summed E-state index contributed by atoms with van der Waals surface area (Å²) in [7, 11) is 0. The molecule has 2 rings (SSSR count). The van der Waals surface area contributed by atoms with Gasteiger partial charge in [0.15, 0.2) is 0 Å². The van der Waals surface area contributed by atoms with Crippen LogP contribution in [0, 0.1) is 0 Å². The number of carbonyl (C=O) groups excluding carboxylic acids is 1. The van der Waals surface area contributed by atoms with E-state index < -0.39 is 11.5 Å². The minimum Gasteiger partial charge on any atom is -0.480 e. The summed E-state index contributed by atoms with van der Waals surface area (Å²) in [4.78, 5) is 29.6. The molecule has 1 N–H and O–H groups in total. The fraction of sp³-hybridized carbons (Fsp3) is 0.312. The molecule has 0 radical (unpaired) electrons. The van der Waals surface area contributed by atoms with E-state index in [0.717, 1.165) is 4.47 Å². The summed E-state index contributed by atoms with van der Waals surface area (Å²) in [6.45, 7) is 5.09. The van der Waals surface area contributed by atoms with Crippen molar-refractivity contribution in [1.29, 1.82) is 0 Å². The van der Waals surface area contributed by atoms with Crippen LogP contribution < -0.4 is 0 Å². The van der Waals surface area contributed by atoms with E-state index in [2.05, 4.69) is 20.9 Å². The predicted molar refractivity (Wildman–Crippen MR) is 87.9 cm³/mol. The highest BCUT2D eigenvalue weighted by atomic mass is 79.9. The first-order valence-electron chi connectivity index (χ1n) is 6.78. The molecule has 22 heavy (non-hydrogen) atoms. The van der Waals surface area contributed by atoms with Crippen LogP contribution in [0.5, 0.6) is 0 Å². The number of aromatic nitrogens is 1. The molecule has 0 aliphatic heterocycles. The minimum absolute atomic E-state index is 0.319. The van der Waals surface area contributed by atoms with Gasteiger partial charge in [-0.2, -0.15) is 0 Å². The lowest BCUT2D eigenvalue weighted by Gasteiger charge is -2.34. The first-order chi connectivity index (χ1) is 10.2. The highest BCUT2D eigenvalue weighted by Crippen LogP contribution is 2.25. The smallest absolute Gasteiger partial charge is 0.323 e. The zero-order valence-corrected chi connectivity index (χ0v) is 14.2. The molecular formula is C16H17BrN2O3. The Hall–Kier alpha value is -1.95. The Bertz CT molecular complexity index is 738. The average Bonchev–Trinajstić information content (AvgIpc) is 2.42. The number of aliphatic carboxylic acids is 1. The normalized spacial score (nSPS) is 11.5. The Labute approximate surface area is 137 Å². The van der Waals surface area contributed by atoms with Gasteiger partial charge in [0, 0.05) is 21.6 Å². The van der Waals surface area contributed by atoms with E-state index in [1.807, 2.05) is 39.0 Å². The second-order valence-electron chi connectivity index (χ2n) is 5.98. The molecule has 0 saturated carbocycles. The van der Waals surface area contributed by atoms with E-state index in [1.54, 1.807) is 12.3 Å². The van der Waals surface area contributed by atoms with Gasteiger partial charge < -0.3 is 10.0 Å². The summed E-state index contributed by atoms with van der Waals surface area (Å²) >= 11 is 3.39. The molecule has 0 bridgehead atoms. The first kappa shape index (κ1) is 16.4. The molecule has 1 heterocycles. The van der Waals surface area contributed by atoms with Gasteiger partial charge in [-0.15, -0.1) is 0 Å². The Morgan fingerprint density at radius 3 is 2.55 bits per heavy atom. The molecule has 1 aromatic heterocycles. The zero-order chi connectivity index (χ0) is 16.5. The number of carboxylic acids is 1. The van der Waals surface area contributed by atoms with Gasteiger partial charge in [0.05, 0.1) is 11.1 Å². The number of amides is 1. The van der Waals surface area contributed by atoms with Crippen molar-refractivity contribution in [2.24, 2.45) is 0 Å². The molecule has 0 atom stereocenters. The van der Waals surface area contributed by atoms with Crippen LogP contribution >= 0.6 is 15.9 Å². The minimum atomic E-state index is -1.04. The Balaban J connectivity index is 2.56. The SMILES string of the molecule is CC(C)(C)N(CC(=O)O)C(=O)c1ccnc2ccc(Br)cc12. The van der Waals surface area contributed by atoms with Gasteiger partial charge in [0.25, 0.3) is 5.91 Å².